The van der Waals surface area contributed by atoms with E-state index in [0.29, 0.717) is 19.0 Å². The summed E-state index contributed by atoms with van der Waals surface area (Å²) in [6.07, 6.45) is 0. The van der Waals surface area contributed by atoms with E-state index >= 15 is 0 Å². The fourth-order valence-electron chi connectivity index (χ4n) is 1.82. The maximum Gasteiger partial charge on any atom is 0.271 e. The summed E-state index contributed by atoms with van der Waals surface area (Å²) in [6.45, 7) is 0.734. The summed E-state index contributed by atoms with van der Waals surface area (Å²) >= 11 is 0. The third kappa shape index (κ3) is 2.08. The Bertz CT molecular complexity index is 629. The predicted molar refractivity (Wildman–Crippen MR) is 67.0 cm³/mol. The van der Waals surface area contributed by atoms with Crippen molar-refractivity contribution < 1.29 is 14.3 Å². The first-order valence-corrected chi connectivity index (χ1v) is 5.78. The minimum atomic E-state index is -0.665. The molecule has 1 aliphatic heterocycles. The SMILES string of the molecule is NC(=O)c1nc(-c2ccccc2)nc2c1OCCO2. The molecule has 1 aromatic heterocycles. The van der Waals surface area contributed by atoms with Gasteiger partial charge in [-0.2, -0.15) is 4.98 Å². The molecule has 2 aromatic rings. The van der Waals surface area contributed by atoms with Gasteiger partial charge in [0.1, 0.15) is 13.2 Å². The third-order valence-corrected chi connectivity index (χ3v) is 2.67. The Labute approximate surface area is 109 Å². The summed E-state index contributed by atoms with van der Waals surface area (Å²) in [5.74, 6) is 0.201. The van der Waals surface area contributed by atoms with Crippen LogP contribution in [-0.2, 0) is 0 Å². The molecule has 2 heterocycles. The Balaban J connectivity index is 2.17. The van der Waals surface area contributed by atoms with Crippen molar-refractivity contribution in [3.8, 4) is 23.0 Å². The number of nitrogens with zero attached hydrogens (tertiary/aromatic N) is 2. The van der Waals surface area contributed by atoms with E-state index < -0.39 is 5.91 Å². The summed E-state index contributed by atoms with van der Waals surface area (Å²) in [7, 11) is 0. The molecule has 1 aromatic carbocycles. The van der Waals surface area contributed by atoms with Crippen LogP contribution in [0.15, 0.2) is 30.3 Å². The first kappa shape index (κ1) is 11.5. The van der Waals surface area contributed by atoms with Gasteiger partial charge in [0.25, 0.3) is 11.8 Å². The molecule has 0 fully saturated rings. The van der Waals surface area contributed by atoms with Gasteiger partial charge in [-0.25, -0.2) is 4.98 Å². The summed E-state index contributed by atoms with van der Waals surface area (Å²) in [4.78, 5) is 19.9. The lowest BCUT2D eigenvalue weighted by Crippen LogP contribution is -2.23. The quantitative estimate of drug-likeness (QED) is 0.867. The smallest absolute Gasteiger partial charge is 0.271 e. The first-order chi connectivity index (χ1) is 9.25. The molecule has 0 bridgehead atoms. The highest BCUT2D eigenvalue weighted by atomic mass is 16.6. The lowest BCUT2D eigenvalue weighted by atomic mass is 10.2. The number of rotatable bonds is 2. The van der Waals surface area contributed by atoms with Crippen molar-refractivity contribution in [1.82, 2.24) is 9.97 Å². The van der Waals surface area contributed by atoms with E-state index in [-0.39, 0.29) is 17.3 Å². The molecular weight excluding hydrogens is 246 g/mol. The number of hydrogen-bond acceptors (Lipinski definition) is 5. The molecule has 6 nitrogen and oxygen atoms in total. The molecule has 0 spiro atoms. The van der Waals surface area contributed by atoms with Crippen LogP contribution in [-0.4, -0.2) is 29.1 Å². The Morgan fingerprint density at radius 2 is 1.84 bits per heavy atom. The van der Waals surface area contributed by atoms with Crippen LogP contribution in [0.3, 0.4) is 0 Å². The maximum atomic E-state index is 11.5. The van der Waals surface area contributed by atoms with Crippen LogP contribution in [0.2, 0.25) is 0 Å². The number of nitrogens with two attached hydrogens (primary N) is 1. The highest BCUT2D eigenvalue weighted by Crippen LogP contribution is 2.32. The van der Waals surface area contributed by atoms with Crippen molar-refractivity contribution in [2.45, 2.75) is 0 Å². The number of aromatic nitrogens is 2. The largest absolute Gasteiger partial charge is 0.483 e. The zero-order chi connectivity index (χ0) is 13.2. The van der Waals surface area contributed by atoms with E-state index in [1.807, 2.05) is 30.3 Å². The van der Waals surface area contributed by atoms with Gasteiger partial charge in [-0.3, -0.25) is 4.79 Å². The lowest BCUT2D eigenvalue weighted by molar-refractivity contribution is 0.0981. The molecule has 0 saturated heterocycles. The van der Waals surface area contributed by atoms with E-state index in [0.717, 1.165) is 5.56 Å². The second-order valence-electron chi connectivity index (χ2n) is 3.96. The van der Waals surface area contributed by atoms with E-state index in [9.17, 15) is 4.79 Å². The molecule has 0 atom stereocenters. The lowest BCUT2D eigenvalue weighted by Gasteiger charge is -2.19. The summed E-state index contributed by atoms with van der Waals surface area (Å²) < 4.78 is 10.7. The van der Waals surface area contributed by atoms with Crippen LogP contribution < -0.4 is 15.2 Å². The van der Waals surface area contributed by atoms with Gasteiger partial charge in [-0.05, 0) is 0 Å². The molecule has 0 saturated carbocycles. The Hall–Kier alpha value is -2.63. The summed E-state index contributed by atoms with van der Waals surface area (Å²) in [6, 6.07) is 9.29. The molecule has 1 amide bonds. The molecule has 1 aliphatic rings. The number of amides is 1. The fraction of sp³-hybridized carbons (Fsp3) is 0.154. The second-order valence-corrected chi connectivity index (χ2v) is 3.96. The van der Waals surface area contributed by atoms with Gasteiger partial charge in [0.15, 0.2) is 11.5 Å². The van der Waals surface area contributed by atoms with Gasteiger partial charge < -0.3 is 15.2 Å². The Kier molecular flexibility index (Phi) is 2.75. The van der Waals surface area contributed by atoms with E-state index in [1.54, 1.807) is 0 Å². The van der Waals surface area contributed by atoms with Crippen LogP contribution in [0, 0.1) is 0 Å². The van der Waals surface area contributed by atoms with Crippen LogP contribution in [0.1, 0.15) is 10.5 Å². The standard InChI is InChI=1S/C13H11N3O3/c14-11(17)9-10-13(19-7-6-18-10)16-12(15-9)8-4-2-1-3-5-8/h1-5H,6-7H2,(H2,14,17). The van der Waals surface area contributed by atoms with Crippen LogP contribution >= 0.6 is 0 Å². The van der Waals surface area contributed by atoms with Crippen molar-refractivity contribution in [2.75, 3.05) is 13.2 Å². The summed E-state index contributed by atoms with van der Waals surface area (Å²) in [5, 5.41) is 0. The normalized spacial score (nSPS) is 13.1. The average Bonchev–Trinajstić information content (AvgIpc) is 2.47. The van der Waals surface area contributed by atoms with Gasteiger partial charge in [0, 0.05) is 5.56 Å². The minimum Gasteiger partial charge on any atom is -0.483 e. The Morgan fingerprint density at radius 3 is 2.58 bits per heavy atom. The van der Waals surface area contributed by atoms with Crippen molar-refractivity contribution in [1.29, 1.82) is 0 Å². The van der Waals surface area contributed by atoms with Gasteiger partial charge in [0.05, 0.1) is 0 Å². The van der Waals surface area contributed by atoms with E-state index in [2.05, 4.69) is 9.97 Å². The fourth-order valence-corrected chi connectivity index (χ4v) is 1.82. The number of carbonyl (C=O) groups excluding carboxylic acids is 1. The zero-order valence-electron chi connectivity index (χ0n) is 10.00. The molecule has 0 radical (unpaired) electrons. The number of benzene rings is 1. The highest BCUT2D eigenvalue weighted by molar-refractivity contribution is 5.94. The van der Waals surface area contributed by atoms with Gasteiger partial charge in [-0.1, -0.05) is 30.3 Å². The zero-order valence-corrected chi connectivity index (χ0v) is 10.00. The van der Waals surface area contributed by atoms with Crippen molar-refractivity contribution in [3.63, 3.8) is 0 Å². The Morgan fingerprint density at radius 1 is 1.11 bits per heavy atom. The maximum absolute atomic E-state index is 11.5. The molecular formula is C13H11N3O3. The van der Waals surface area contributed by atoms with Gasteiger partial charge >= 0.3 is 0 Å². The number of primary amides is 1. The van der Waals surface area contributed by atoms with Crippen molar-refractivity contribution in [2.24, 2.45) is 5.73 Å². The number of hydrogen-bond donors (Lipinski definition) is 1. The second kappa shape index (κ2) is 4.56. The van der Waals surface area contributed by atoms with E-state index in [4.69, 9.17) is 15.2 Å². The highest BCUT2D eigenvalue weighted by Gasteiger charge is 2.24. The first-order valence-electron chi connectivity index (χ1n) is 5.78. The molecule has 0 unspecified atom stereocenters. The van der Waals surface area contributed by atoms with Gasteiger partial charge in [-0.15, -0.1) is 0 Å². The molecule has 96 valence electrons. The van der Waals surface area contributed by atoms with Crippen molar-refractivity contribution in [3.05, 3.63) is 36.0 Å². The van der Waals surface area contributed by atoms with Gasteiger partial charge in [0.2, 0.25) is 5.75 Å². The molecule has 6 heteroatoms. The van der Waals surface area contributed by atoms with Crippen molar-refractivity contribution >= 4 is 5.91 Å². The molecule has 3 rings (SSSR count). The summed E-state index contributed by atoms with van der Waals surface area (Å²) in [5.41, 5.74) is 6.14. The van der Waals surface area contributed by atoms with Crippen LogP contribution in [0.25, 0.3) is 11.4 Å². The monoisotopic (exact) mass is 257 g/mol. The topological polar surface area (TPSA) is 87.3 Å². The number of fused-ring (bicyclic) bond motifs is 1. The minimum absolute atomic E-state index is 0.0450. The third-order valence-electron chi connectivity index (χ3n) is 2.67. The number of ether oxygens (including phenoxy) is 2. The molecule has 0 aliphatic carbocycles. The predicted octanol–water partition coefficient (Wildman–Crippen LogP) is 1.01. The average molecular weight is 257 g/mol. The van der Waals surface area contributed by atoms with Crippen LogP contribution in [0.4, 0.5) is 0 Å². The van der Waals surface area contributed by atoms with E-state index in [1.165, 1.54) is 0 Å². The number of carbonyl (C=O) groups is 1. The van der Waals surface area contributed by atoms with Crippen LogP contribution in [0.5, 0.6) is 11.6 Å². The molecule has 19 heavy (non-hydrogen) atoms. The molecule has 2 N–H and O–H groups in total.